The van der Waals surface area contributed by atoms with Crippen LogP contribution in [0.2, 0.25) is 0 Å². The first-order chi connectivity index (χ1) is 17.7. The summed E-state index contributed by atoms with van der Waals surface area (Å²) in [5.41, 5.74) is 1.43. The van der Waals surface area contributed by atoms with Gasteiger partial charge in [-0.1, -0.05) is 20.8 Å². The molecule has 0 unspecified atom stereocenters. The zero-order chi connectivity index (χ0) is 26.3. The molecule has 1 aliphatic rings. The van der Waals surface area contributed by atoms with Crippen molar-refractivity contribution >= 4 is 26.8 Å². The fraction of sp³-hybridized carbons (Fsp3) is 0.500. The standard InChI is InChI=1S/C24H31N7O5S/c1-4-11-36-19-6-5-17(37(34,35)29-9-7-16(32)8-10-29)12-18(19)21-26-20-22(27-21)30(13-15(2)3)24(33)31-14-25-28-23(20)31/h5-6,12,14-16,32H,4,7-11,13H2,1-3H3,(H,26,27). The number of nitrogens with zero attached hydrogens (tertiary/aromatic N) is 6. The number of hydrogen-bond acceptors (Lipinski definition) is 8. The van der Waals surface area contributed by atoms with Gasteiger partial charge in [-0.25, -0.2) is 22.6 Å². The molecule has 1 aliphatic heterocycles. The number of H-pyrrole nitrogens is 1. The number of piperidine rings is 1. The minimum Gasteiger partial charge on any atom is -0.493 e. The fourth-order valence-electron chi connectivity index (χ4n) is 4.56. The number of hydrogen-bond donors (Lipinski definition) is 2. The van der Waals surface area contributed by atoms with Crippen molar-refractivity contribution in [2.45, 2.75) is 57.6 Å². The Morgan fingerprint density at radius 1 is 1.22 bits per heavy atom. The number of nitrogens with one attached hydrogen (secondary N) is 1. The van der Waals surface area contributed by atoms with Crippen molar-refractivity contribution in [3.8, 4) is 17.1 Å². The van der Waals surface area contributed by atoms with Crippen LogP contribution in [0.5, 0.6) is 5.75 Å². The van der Waals surface area contributed by atoms with Crippen LogP contribution in [0.15, 0.2) is 34.2 Å². The zero-order valence-electron chi connectivity index (χ0n) is 21.1. The molecule has 0 saturated carbocycles. The van der Waals surface area contributed by atoms with E-state index in [-0.39, 0.29) is 29.6 Å². The van der Waals surface area contributed by atoms with Gasteiger partial charge in [0.2, 0.25) is 10.0 Å². The van der Waals surface area contributed by atoms with Gasteiger partial charge >= 0.3 is 5.69 Å². The minimum atomic E-state index is -3.80. The Kier molecular flexibility index (Phi) is 6.77. The van der Waals surface area contributed by atoms with Crippen LogP contribution < -0.4 is 10.4 Å². The van der Waals surface area contributed by atoms with Crippen LogP contribution in [0.1, 0.15) is 40.0 Å². The molecular weight excluding hydrogens is 498 g/mol. The third-order valence-corrected chi connectivity index (χ3v) is 8.32. The molecule has 12 nitrogen and oxygen atoms in total. The maximum absolute atomic E-state index is 13.4. The van der Waals surface area contributed by atoms with Gasteiger partial charge in [-0.15, -0.1) is 10.2 Å². The van der Waals surface area contributed by atoms with Gasteiger partial charge in [0, 0.05) is 19.6 Å². The molecule has 4 heterocycles. The van der Waals surface area contributed by atoms with Crippen molar-refractivity contribution in [1.29, 1.82) is 0 Å². The number of fused-ring (bicyclic) bond motifs is 3. The second-order valence-electron chi connectivity index (χ2n) is 9.74. The van der Waals surface area contributed by atoms with Gasteiger partial charge in [0.05, 0.1) is 23.2 Å². The summed E-state index contributed by atoms with van der Waals surface area (Å²) in [6.07, 6.45) is 2.45. The number of aliphatic hydroxyl groups excluding tert-OH is 1. The number of aromatic nitrogens is 6. The number of sulfonamides is 1. The van der Waals surface area contributed by atoms with Gasteiger partial charge in [-0.3, -0.25) is 4.57 Å². The van der Waals surface area contributed by atoms with Crippen molar-refractivity contribution in [1.82, 2.24) is 33.4 Å². The van der Waals surface area contributed by atoms with E-state index < -0.39 is 16.1 Å². The van der Waals surface area contributed by atoms with E-state index in [9.17, 15) is 18.3 Å². The highest BCUT2D eigenvalue weighted by atomic mass is 32.2. The van der Waals surface area contributed by atoms with Crippen LogP contribution in [-0.2, 0) is 16.6 Å². The SMILES string of the molecule is CCCOc1ccc(S(=O)(=O)N2CCC(O)CC2)cc1-c1nc2c([nH]1)c1nncn1c(=O)n2CC(C)C. The maximum Gasteiger partial charge on any atom is 0.336 e. The molecule has 4 aromatic rings. The summed E-state index contributed by atoms with van der Waals surface area (Å²) in [4.78, 5) is 21.2. The van der Waals surface area contributed by atoms with E-state index in [1.807, 2.05) is 20.8 Å². The van der Waals surface area contributed by atoms with Crippen LogP contribution in [-0.4, -0.2) is 72.8 Å². The number of ether oxygens (including phenoxy) is 1. The van der Waals surface area contributed by atoms with E-state index in [0.29, 0.717) is 59.9 Å². The second kappa shape index (κ2) is 9.88. The highest BCUT2D eigenvalue weighted by Gasteiger charge is 2.30. The molecule has 1 saturated heterocycles. The Morgan fingerprint density at radius 3 is 2.68 bits per heavy atom. The average molecular weight is 530 g/mol. The van der Waals surface area contributed by atoms with Crippen molar-refractivity contribution in [2.24, 2.45) is 5.92 Å². The number of imidazole rings is 1. The largest absolute Gasteiger partial charge is 0.493 e. The monoisotopic (exact) mass is 529 g/mol. The maximum atomic E-state index is 13.4. The summed E-state index contributed by atoms with van der Waals surface area (Å²) in [5.74, 6) is 1.01. The molecule has 0 radical (unpaired) electrons. The molecule has 1 aromatic carbocycles. The summed E-state index contributed by atoms with van der Waals surface area (Å²) < 4.78 is 37.2. The summed E-state index contributed by atoms with van der Waals surface area (Å²) in [7, 11) is -3.80. The lowest BCUT2D eigenvalue weighted by Crippen LogP contribution is -2.40. The summed E-state index contributed by atoms with van der Waals surface area (Å²) in [6, 6.07) is 4.72. The Morgan fingerprint density at radius 2 is 1.97 bits per heavy atom. The lowest BCUT2D eigenvalue weighted by Gasteiger charge is -2.28. The highest BCUT2D eigenvalue weighted by Crippen LogP contribution is 2.34. The van der Waals surface area contributed by atoms with Crippen molar-refractivity contribution in [2.75, 3.05) is 19.7 Å². The van der Waals surface area contributed by atoms with Crippen LogP contribution in [0.4, 0.5) is 0 Å². The normalized spacial score (nSPS) is 15.8. The van der Waals surface area contributed by atoms with E-state index in [4.69, 9.17) is 9.72 Å². The van der Waals surface area contributed by atoms with E-state index >= 15 is 0 Å². The molecule has 0 bridgehead atoms. The predicted molar refractivity (Wildman–Crippen MR) is 137 cm³/mol. The first kappa shape index (κ1) is 25.4. The Labute approximate surface area is 214 Å². The van der Waals surface area contributed by atoms with E-state index in [1.54, 1.807) is 16.7 Å². The summed E-state index contributed by atoms with van der Waals surface area (Å²) >= 11 is 0. The van der Waals surface area contributed by atoms with Crippen molar-refractivity contribution < 1.29 is 18.3 Å². The number of aliphatic hydroxyl groups is 1. The fourth-order valence-corrected chi connectivity index (χ4v) is 6.06. The topological polar surface area (TPSA) is 148 Å². The molecule has 0 spiro atoms. The Bertz CT molecular complexity index is 1600. The van der Waals surface area contributed by atoms with Crippen LogP contribution in [0.3, 0.4) is 0 Å². The summed E-state index contributed by atoms with van der Waals surface area (Å²) in [6.45, 7) is 7.38. The molecule has 0 aliphatic carbocycles. The van der Waals surface area contributed by atoms with Gasteiger partial charge < -0.3 is 14.8 Å². The van der Waals surface area contributed by atoms with Gasteiger partial charge in [0.1, 0.15) is 23.4 Å². The molecule has 2 N–H and O–H groups in total. The third kappa shape index (κ3) is 4.62. The van der Waals surface area contributed by atoms with Gasteiger partial charge in [-0.05, 0) is 43.4 Å². The Hall–Kier alpha value is -3.29. The number of benzene rings is 1. The lowest BCUT2D eigenvalue weighted by molar-refractivity contribution is 0.113. The minimum absolute atomic E-state index is 0.107. The quantitative estimate of drug-likeness (QED) is 0.352. The van der Waals surface area contributed by atoms with Crippen molar-refractivity contribution in [3.63, 3.8) is 0 Å². The zero-order valence-corrected chi connectivity index (χ0v) is 21.9. The molecule has 5 rings (SSSR count). The second-order valence-corrected chi connectivity index (χ2v) is 11.7. The van der Waals surface area contributed by atoms with Gasteiger partial charge in [0.25, 0.3) is 0 Å². The van der Waals surface area contributed by atoms with Crippen molar-refractivity contribution in [3.05, 3.63) is 35.0 Å². The third-order valence-electron chi connectivity index (χ3n) is 6.43. The van der Waals surface area contributed by atoms with Crippen LogP contribution in [0.25, 0.3) is 28.2 Å². The van der Waals surface area contributed by atoms with E-state index in [1.165, 1.54) is 21.1 Å². The average Bonchev–Trinajstić information content (AvgIpc) is 3.53. The van der Waals surface area contributed by atoms with Gasteiger partial charge in [0.15, 0.2) is 11.3 Å². The molecule has 1 fully saturated rings. The molecule has 0 amide bonds. The number of rotatable bonds is 8. The van der Waals surface area contributed by atoms with E-state index in [0.717, 1.165) is 6.42 Å². The number of aromatic amines is 1. The Balaban J connectivity index is 1.68. The molecule has 3 aromatic heterocycles. The lowest BCUT2D eigenvalue weighted by atomic mass is 10.1. The van der Waals surface area contributed by atoms with Crippen LogP contribution in [0, 0.1) is 5.92 Å². The van der Waals surface area contributed by atoms with Gasteiger partial charge in [-0.2, -0.15) is 4.31 Å². The smallest absolute Gasteiger partial charge is 0.336 e. The molecule has 0 atom stereocenters. The predicted octanol–water partition coefficient (Wildman–Crippen LogP) is 2.02. The molecule has 13 heteroatoms. The van der Waals surface area contributed by atoms with E-state index in [2.05, 4.69) is 15.2 Å². The molecule has 37 heavy (non-hydrogen) atoms. The first-order valence-corrected chi connectivity index (χ1v) is 13.9. The highest BCUT2D eigenvalue weighted by molar-refractivity contribution is 7.89. The molecule has 198 valence electrons. The van der Waals surface area contributed by atoms with Crippen LogP contribution >= 0.6 is 0 Å². The summed E-state index contributed by atoms with van der Waals surface area (Å²) in [5, 5.41) is 17.8. The first-order valence-electron chi connectivity index (χ1n) is 12.5. The molecular formula is C24H31N7O5S.